The summed E-state index contributed by atoms with van der Waals surface area (Å²) in [6.45, 7) is 1.88. The Morgan fingerprint density at radius 1 is 1.50 bits per heavy atom. The molecule has 0 heterocycles. The van der Waals surface area contributed by atoms with E-state index in [0.717, 1.165) is 12.5 Å². The normalized spacial score (nSPS) is 23.6. The lowest BCUT2D eigenvalue weighted by atomic mass is 9.97. The van der Waals surface area contributed by atoms with Gasteiger partial charge in [-0.2, -0.15) is 0 Å². The number of rotatable bonds is 2. The largest absolute Gasteiger partial charge is 0.288 e. The SMILES string of the molecule is CCCC1=CC=C(F)C(=O)C1F. The molecule has 1 nitrogen and oxygen atoms in total. The van der Waals surface area contributed by atoms with Crippen LogP contribution in [0.2, 0.25) is 0 Å². The molecule has 66 valence electrons. The summed E-state index contributed by atoms with van der Waals surface area (Å²) in [5.74, 6) is -2.02. The molecule has 0 saturated heterocycles. The summed E-state index contributed by atoms with van der Waals surface area (Å²) < 4.78 is 25.4. The fraction of sp³-hybridized carbons (Fsp3) is 0.444. The van der Waals surface area contributed by atoms with E-state index in [-0.39, 0.29) is 0 Å². The van der Waals surface area contributed by atoms with E-state index in [1.54, 1.807) is 0 Å². The van der Waals surface area contributed by atoms with Gasteiger partial charge in [0, 0.05) is 0 Å². The van der Waals surface area contributed by atoms with Gasteiger partial charge in [-0.1, -0.05) is 19.4 Å². The van der Waals surface area contributed by atoms with Crippen molar-refractivity contribution in [2.45, 2.75) is 25.9 Å². The Hall–Kier alpha value is -0.990. The minimum absolute atomic E-state index is 0.379. The Labute approximate surface area is 69.8 Å². The Morgan fingerprint density at radius 3 is 2.75 bits per heavy atom. The van der Waals surface area contributed by atoms with Crippen molar-refractivity contribution in [1.82, 2.24) is 0 Å². The number of carbonyl (C=O) groups is 1. The van der Waals surface area contributed by atoms with Gasteiger partial charge in [0.1, 0.15) is 0 Å². The Balaban J connectivity index is 2.82. The molecule has 0 amide bonds. The minimum atomic E-state index is -1.75. The zero-order chi connectivity index (χ0) is 9.14. The van der Waals surface area contributed by atoms with E-state index >= 15 is 0 Å². The molecule has 0 aromatic rings. The first-order valence-corrected chi connectivity index (χ1v) is 3.91. The molecule has 0 aromatic carbocycles. The van der Waals surface area contributed by atoms with Crippen LogP contribution in [0.4, 0.5) is 8.78 Å². The summed E-state index contributed by atoms with van der Waals surface area (Å²) >= 11 is 0. The van der Waals surface area contributed by atoms with Crippen LogP contribution >= 0.6 is 0 Å². The van der Waals surface area contributed by atoms with E-state index in [9.17, 15) is 13.6 Å². The van der Waals surface area contributed by atoms with Gasteiger partial charge >= 0.3 is 0 Å². The number of allylic oxidation sites excluding steroid dienone is 4. The number of ketones is 1. The van der Waals surface area contributed by atoms with Crippen molar-refractivity contribution in [1.29, 1.82) is 0 Å². The molecule has 3 heteroatoms. The number of halogens is 2. The van der Waals surface area contributed by atoms with Crippen LogP contribution in [0.25, 0.3) is 0 Å². The van der Waals surface area contributed by atoms with Gasteiger partial charge < -0.3 is 0 Å². The highest BCUT2D eigenvalue weighted by atomic mass is 19.1. The van der Waals surface area contributed by atoms with Gasteiger partial charge in [0.05, 0.1) is 0 Å². The predicted octanol–water partition coefficient (Wildman–Crippen LogP) is 2.49. The van der Waals surface area contributed by atoms with Gasteiger partial charge in [0.25, 0.3) is 0 Å². The third-order valence-electron chi connectivity index (χ3n) is 1.77. The first kappa shape index (κ1) is 9.10. The molecule has 0 N–H and O–H groups in total. The Kier molecular flexibility index (Phi) is 2.74. The van der Waals surface area contributed by atoms with Gasteiger partial charge in [-0.3, -0.25) is 4.79 Å². The molecular formula is C9H10F2O. The lowest BCUT2D eigenvalue weighted by molar-refractivity contribution is -0.120. The second-order valence-electron chi connectivity index (χ2n) is 2.73. The summed E-state index contributed by atoms with van der Waals surface area (Å²) in [6.07, 6.45) is 1.90. The van der Waals surface area contributed by atoms with Gasteiger partial charge in [-0.15, -0.1) is 0 Å². The zero-order valence-electron chi connectivity index (χ0n) is 6.81. The molecule has 1 unspecified atom stereocenters. The van der Waals surface area contributed by atoms with Gasteiger partial charge in [-0.25, -0.2) is 8.78 Å². The van der Waals surface area contributed by atoms with Crippen LogP contribution < -0.4 is 0 Å². The molecule has 0 saturated carbocycles. The highest BCUT2D eigenvalue weighted by molar-refractivity contribution is 6.00. The van der Waals surface area contributed by atoms with E-state index < -0.39 is 17.8 Å². The number of hydrogen-bond donors (Lipinski definition) is 0. The van der Waals surface area contributed by atoms with Crippen molar-refractivity contribution in [3.8, 4) is 0 Å². The highest BCUT2D eigenvalue weighted by Gasteiger charge is 2.27. The highest BCUT2D eigenvalue weighted by Crippen LogP contribution is 2.22. The molecule has 0 aromatic heterocycles. The average molecular weight is 172 g/mol. The number of hydrogen-bond acceptors (Lipinski definition) is 1. The van der Waals surface area contributed by atoms with Gasteiger partial charge in [-0.05, 0) is 18.1 Å². The maximum atomic E-state index is 13.0. The lowest BCUT2D eigenvalue weighted by Gasteiger charge is -2.12. The van der Waals surface area contributed by atoms with E-state index in [2.05, 4.69) is 0 Å². The maximum Gasteiger partial charge on any atom is 0.229 e. The molecule has 0 bridgehead atoms. The minimum Gasteiger partial charge on any atom is -0.288 e. The third-order valence-corrected chi connectivity index (χ3v) is 1.77. The summed E-state index contributed by atoms with van der Waals surface area (Å²) in [5.41, 5.74) is 0.379. The maximum absolute atomic E-state index is 13.0. The quantitative estimate of drug-likeness (QED) is 0.625. The number of alkyl halides is 1. The van der Waals surface area contributed by atoms with Crippen LogP contribution in [-0.4, -0.2) is 12.0 Å². The Bertz CT molecular complexity index is 253. The van der Waals surface area contributed by atoms with E-state index in [0.29, 0.717) is 12.0 Å². The fourth-order valence-electron chi connectivity index (χ4n) is 1.13. The fourth-order valence-corrected chi connectivity index (χ4v) is 1.13. The molecule has 0 fully saturated rings. The molecule has 1 atom stereocenters. The average Bonchev–Trinajstić information content (AvgIpc) is 2.07. The summed E-state index contributed by atoms with van der Waals surface area (Å²) in [5, 5.41) is 0. The van der Waals surface area contributed by atoms with Gasteiger partial charge in [0.2, 0.25) is 5.78 Å². The second-order valence-corrected chi connectivity index (χ2v) is 2.73. The monoisotopic (exact) mass is 172 g/mol. The van der Waals surface area contributed by atoms with Crippen LogP contribution in [0, 0.1) is 0 Å². The lowest BCUT2D eigenvalue weighted by Crippen LogP contribution is -2.21. The van der Waals surface area contributed by atoms with Crippen LogP contribution in [0.15, 0.2) is 23.6 Å². The number of carbonyl (C=O) groups excluding carboxylic acids is 1. The zero-order valence-corrected chi connectivity index (χ0v) is 6.81. The molecule has 1 aliphatic carbocycles. The van der Waals surface area contributed by atoms with E-state index in [1.165, 1.54) is 6.08 Å². The molecule has 1 rings (SSSR count). The summed E-state index contributed by atoms with van der Waals surface area (Å²) in [7, 11) is 0. The first-order valence-electron chi connectivity index (χ1n) is 3.91. The number of Topliss-reactive ketones (excluding diaryl/α,β-unsaturated/α-hetero) is 1. The van der Waals surface area contributed by atoms with Crippen LogP contribution in [0.1, 0.15) is 19.8 Å². The van der Waals surface area contributed by atoms with Crippen molar-refractivity contribution in [2.75, 3.05) is 0 Å². The molecule has 12 heavy (non-hydrogen) atoms. The van der Waals surface area contributed by atoms with Crippen molar-refractivity contribution in [3.63, 3.8) is 0 Å². The van der Waals surface area contributed by atoms with E-state index in [4.69, 9.17) is 0 Å². The van der Waals surface area contributed by atoms with Crippen LogP contribution in [0.3, 0.4) is 0 Å². The topological polar surface area (TPSA) is 17.1 Å². The summed E-state index contributed by atoms with van der Waals surface area (Å²) in [6, 6.07) is 0. The predicted molar refractivity (Wildman–Crippen MR) is 42.1 cm³/mol. The van der Waals surface area contributed by atoms with Crippen molar-refractivity contribution in [3.05, 3.63) is 23.6 Å². The smallest absolute Gasteiger partial charge is 0.229 e. The van der Waals surface area contributed by atoms with Crippen molar-refractivity contribution in [2.24, 2.45) is 0 Å². The van der Waals surface area contributed by atoms with Crippen molar-refractivity contribution >= 4 is 5.78 Å². The molecule has 0 spiro atoms. The van der Waals surface area contributed by atoms with E-state index in [1.807, 2.05) is 6.92 Å². The van der Waals surface area contributed by atoms with Crippen LogP contribution in [-0.2, 0) is 4.79 Å². The molecule has 1 aliphatic rings. The summed E-state index contributed by atoms with van der Waals surface area (Å²) in [4.78, 5) is 10.8. The van der Waals surface area contributed by atoms with Crippen LogP contribution in [0.5, 0.6) is 0 Å². The molecular weight excluding hydrogens is 162 g/mol. The third kappa shape index (κ3) is 1.60. The molecule has 0 aliphatic heterocycles. The van der Waals surface area contributed by atoms with Gasteiger partial charge in [0.15, 0.2) is 12.0 Å². The van der Waals surface area contributed by atoms with Crippen molar-refractivity contribution < 1.29 is 13.6 Å². The first-order chi connectivity index (χ1) is 5.66. The molecule has 0 radical (unpaired) electrons. The Morgan fingerprint density at radius 2 is 2.17 bits per heavy atom. The standard InChI is InChI=1S/C9H10F2O/c1-2-3-6-4-5-7(10)9(12)8(6)11/h4-5,8H,2-3H2,1H3. The second kappa shape index (κ2) is 3.61.